The predicted molar refractivity (Wildman–Crippen MR) is 76.3 cm³/mol. The highest BCUT2D eigenvalue weighted by Gasteiger charge is 2.21. The van der Waals surface area contributed by atoms with E-state index in [-0.39, 0.29) is 0 Å². The Balaban J connectivity index is 2.17. The first-order valence-electron chi connectivity index (χ1n) is 7.27. The molecule has 19 heavy (non-hydrogen) atoms. The van der Waals surface area contributed by atoms with E-state index in [9.17, 15) is 0 Å². The molecule has 1 aromatic heterocycles. The number of hydrogen-bond donors (Lipinski definition) is 1. The number of likely N-dealkylation sites (N-methyl/N-ethyl adjacent to an activating group) is 1. The smallest absolute Gasteiger partial charge is 0.133 e. The van der Waals surface area contributed by atoms with Crippen molar-refractivity contribution in [3.8, 4) is 0 Å². The van der Waals surface area contributed by atoms with E-state index < -0.39 is 0 Å². The fourth-order valence-electron chi connectivity index (χ4n) is 2.63. The summed E-state index contributed by atoms with van der Waals surface area (Å²) in [4.78, 5) is 9.32. The normalized spacial score (nSPS) is 18.7. The summed E-state index contributed by atoms with van der Waals surface area (Å²) >= 11 is 0. The lowest BCUT2D eigenvalue weighted by Crippen LogP contribution is -2.24. The summed E-state index contributed by atoms with van der Waals surface area (Å²) in [6, 6.07) is 2.07. The number of nitrogens with one attached hydrogen (secondary N) is 1. The van der Waals surface area contributed by atoms with Crippen LogP contribution in [0.5, 0.6) is 0 Å². The molecule has 1 aliphatic rings. The van der Waals surface area contributed by atoms with Crippen LogP contribution in [0.25, 0.3) is 0 Å². The van der Waals surface area contributed by atoms with E-state index >= 15 is 0 Å². The van der Waals surface area contributed by atoms with Crippen molar-refractivity contribution in [2.75, 3.05) is 26.8 Å². The maximum Gasteiger partial charge on any atom is 0.133 e. The van der Waals surface area contributed by atoms with Gasteiger partial charge in [-0.05, 0) is 31.9 Å². The van der Waals surface area contributed by atoms with Crippen LogP contribution in [0, 0.1) is 5.92 Å². The Hall–Kier alpha value is -1.00. The zero-order valence-corrected chi connectivity index (χ0v) is 12.2. The third kappa shape index (κ3) is 3.74. The predicted octanol–water partition coefficient (Wildman–Crippen LogP) is 2.33. The molecule has 0 amide bonds. The molecule has 4 heteroatoms. The van der Waals surface area contributed by atoms with E-state index in [0.717, 1.165) is 38.4 Å². The summed E-state index contributed by atoms with van der Waals surface area (Å²) in [5.74, 6) is 2.44. The molecule has 2 heterocycles. The monoisotopic (exact) mass is 263 g/mol. The van der Waals surface area contributed by atoms with Crippen molar-refractivity contribution in [2.24, 2.45) is 5.92 Å². The van der Waals surface area contributed by atoms with Crippen molar-refractivity contribution >= 4 is 0 Å². The van der Waals surface area contributed by atoms with Crippen molar-refractivity contribution in [1.29, 1.82) is 0 Å². The van der Waals surface area contributed by atoms with Gasteiger partial charge >= 0.3 is 0 Å². The van der Waals surface area contributed by atoms with Crippen LogP contribution in [0.4, 0.5) is 0 Å². The molecule has 0 aliphatic carbocycles. The van der Waals surface area contributed by atoms with E-state index in [2.05, 4.69) is 30.2 Å². The number of ether oxygens (including phenoxy) is 1. The van der Waals surface area contributed by atoms with Gasteiger partial charge in [0.15, 0.2) is 0 Å². The molecule has 1 aromatic rings. The number of aromatic nitrogens is 2. The molecule has 0 spiro atoms. The summed E-state index contributed by atoms with van der Waals surface area (Å²) in [7, 11) is 1.98. The summed E-state index contributed by atoms with van der Waals surface area (Å²) in [6.45, 7) is 7.09. The number of hydrogen-bond acceptors (Lipinski definition) is 4. The van der Waals surface area contributed by atoms with Gasteiger partial charge in [0.1, 0.15) is 5.82 Å². The fraction of sp³-hybridized carbons (Fsp3) is 0.733. The van der Waals surface area contributed by atoms with E-state index in [4.69, 9.17) is 9.72 Å². The SMILES string of the molecule is CNCC(c1nccc(C2CCOCC2)n1)C(C)C. The Morgan fingerprint density at radius 2 is 2.11 bits per heavy atom. The Labute approximate surface area is 116 Å². The molecule has 0 aromatic carbocycles. The van der Waals surface area contributed by atoms with E-state index in [0.29, 0.717) is 17.8 Å². The standard InChI is InChI=1S/C15H25N3O/c1-11(2)13(10-16-3)15-17-7-4-14(18-15)12-5-8-19-9-6-12/h4,7,11-13,16H,5-6,8-10H2,1-3H3. The summed E-state index contributed by atoms with van der Waals surface area (Å²) in [5.41, 5.74) is 1.19. The van der Waals surface area contributed by atoms with Gasteiger partial charge in [-0.3, -0.25) is 0 Å². The largest absolute Gasteiger partial charge is 0.381 e. The fourth-order valence-corrected chi connectivity index (χ4v) is 2.63. The van der Waals surface area contributed by atoms with Gasteiger partial charge in [-0.15, -0.1) is 0 Å². The van der Waals surface area contributed by atoms with Crippen molar-refractivity contribution in [3.63, 3.8) is 0 Å². The molecule has 0 saturated carbocycles. The van der Waals surface area contributed by atoms with Crippen molar-refractivity contribution in [1.82, 2.24) is 15.3 Å². The van der Waals surface area contributed by atoms with E-state index in [1.807, 2.05) is 13.2 Å². The van der Waals surface area contributed by atoms with Gasteiger partial charge in [-0.25, -0.2) is 9.97 Å². The van der Waals surface area contributed by atoms with Gasteiger partial charge in [0.2, 0.25) is 0 Å². The van der Waals surface area contributed by atoms with Gasteiger partial charge in [0.05, 0.1) is 0 Å². The minimum Gasteiger partial charge on any atom is -0.381 e. The van der Waals surface area contributed by atoms with Crippen LogP contribution < -0.4 is 5.32 Å². The molecular formula is C15H25N3O. The zero-order valence-electron chi connectivity index (χ0n) is 12.2. The molecule has 1 atom stereocenters. The highest BCUT2D eigenvalue weighted by atomic mass is 16.5. The molecule has 0 bridgehead atoms. The topological polar surface area (TPSA) is 47.0 Å². The van der Waals surface area contributed by atoms with Crippen LogP contribution in [0.1, 0.15) is 50.0 Å². The van der Waals surface area contributed by atoms with Crippen molar-refractivity contribution in [2.45, 2.75) is 38.5 Å². The molecular weight excluding hydrogens is 238 g/mol. The highest BCUT2D eigenvalue weighted by molar-refractivity contribution is 5.12. The summed E-state index contributed by atoms with van der Waals surface area (Å²) in [5, 5.41) is 3.25. The minimum atomic E-state index is 0.379. The van der Waals surface area contributed by atoms with Crippen molar-refractivity contribution < 1.29 is 4.74 Å². The summed E-state index contributed by atoms with van der Waals surface area (Å²) in [6.07, 6.45) is 4.07. The van der Waals surface area contributed by atoms with E-state index in [1.54, 1.807) is 0 Å². The lowest BCUT2D eigenvalue weighted by molar-refractivity contribution is 0.0844. The minimum absolute atomic E-state index is 0.379. The van der Waals surface area contributed by atoms with Crippen molar-refractivity contribution in [3.05, 3.63) is 23.8 Å². The van der Waals surface area contributed by atoms with Gasteiger partial charge < -0.3 is 10.1 Å². The zero-order chi connectivity index (χ0) is 13.7. The van der Waals surface area contributed by atoms with Crippen LogP contribution in [0.15, 0.2) is 12.3 Å². The second kappa shape index (κ2) is 6.96. The first-order valence-corrected chi connectivity index (χ1v) is 7.27. The van der Waals surface area contributed by atoms with Gasteiger partial charge in [0.25, 0.3) is 0 Å². The van der Waals surface area contributed by atoms with Crippen LogP contribution >= 0.6 is 0 Å². The van der Waals surface area contributed by atoms with E-state index in [1.165, 1.54) is 5.69 Å². The molecule has 1 saturated heterocycles. The molecule has 1 unspecified atom stereocenters. The maximum atomic E-state index is 5.42. The maximum absolute atomic E-state index is 5.42. The number of nitrogens with zero attached hydrogens (tertiary/aromatic N) is 2. The van der Waals surface area contributed by atoms with Crippen LogP contribution in [-0.4, -0.2) is 36.8 Å². The lowest BCUT2D eigenvalue weighted by atomic mass is 9.93. The Morgan fingerprint density at radius 3 is 2.74 bits per heavy atom. The molecule has 1 aliphatic heterocycles. The molecule has 1 N–H and O–H groups in total. The molecule has 106 valence electrons. The number of rotatable bonds is 5. The Kier molecular flexibility index (Phi) is 5.28. The second-order valence-electron chi connectivity index (χ2n) is 5.63. The summed E-state index contributed by atoms with van der Waals surface area (Å²) < 4.78 is 5.42. The molecule has 4 nitrogen and oxygen atoms in total. The highest BCUT2D eigenvalue weighted by Crippen LogP contribution is 2.27. The van der Waals surface area contributed by atoms with Gasteiger partial charge in [0, 0.05) is 43.5 Å². The third-order valence-corrected chi connectivity index (χ3v) is 3.90. The average molecular weight is 263 g/mol. The van der Waals surface area contributed by atoms with Crippen LogP contribution in [0.2, 0.25) is 0 Å². The quantitative estimate of drug-likeness (QED) is 0.885. The first-order chi connectivity index (χ1) is 9.22. The average Bonchev–Trinajstić information content (AvgIpc) is 2.45. The lowest BCUT2D eigenvalue weighted by Gasteiger charge is -2.24. The third-order valence-electron chi connectivity index (χ3n) is 3.90. The first kappa shape index (κ1) is 14.4. The molecule has 2 rings (SSSR count). The van der Waals surface area contributed by atoms with Crippen LogP contribution in [-0.2, 0) is 4.74 Å². The molecule has 1 fully saturated rings. The Bertz CT molecular complexity index is 389. The van der Waals surface area contributed by atoms with Crippen LogP contribution in [0.3, 0.4) is 0 Å². The molecule has 0 radical (unpaired) electrons. The Morgan fingerprint density at radius 1 is 1.37 bits per heavy atom. The second-order valence-corrected chi connectivity index (χ2v) is 5.63. The van der Waals surface area contributed by atoms with Gasteiger partial charge in [-0.1, -0.05) is 13.8 Å². The van der Waals surface area contributed by atoms with Gasteiger partial charge in [-0.2, -0.15) is 0 Å².